The molecule has 3 aliphatic rings. The Morgan fingerprint density at radius 3 is 0.985 bits per heavy atom. The molecule has 0 aliphatic heterocycles. The number of esters is 2. The lowest BCUT2D eigenvalue weighted by atomic mass is 9.93. The number of aryl methyl sites for hydroxylation is 3. The van der Waals surface area contributed by atoms with Crippen molar-refractivity contribution in [2.45, 2.75) is 250 Å². The van der Waals surface area contributed by atoms with Crippen LogP contribution < -0.4 is 23.7 Å². The van der Waals surface area contributed by atoms with Crippen molar-refractivity contribution in [3.05, 3.63) is 230 Å². The van der Waals surface area contributed by atoms with Crippen LogP contribution in [0.4, 0.5) is 13.2 Å². The van der Waals surface area contributed by atoms with Gasteiger partial charge in [-0.1, -0.05) is 74.2 Å². The molecule has 30 heteroatoms. The lowest BCUT2D eigenvalue weighted by Gasteiger charge is -2.31. The van der Waals surface area contributed by atoms with Gasteiger partial charge in [0.25, 0.3) is 0 Å². The number of phenolic OH excluding ortho intramolecular Hbond substituents is 1. The lowest BCUT2D eigenvalue weighted by Crippen LogP contribution is -2.36. The van der Waals surface area contributed by atoms with E-state index in [-0.39, 0.29) is 71.5 Å². The number of aromatic hydroxyl groups is 1. The first-order chi connectivity index (χ1) is 63.8. The van der Waals surface area contributed by atoms with Crippen LogP contribution in [-0.2, 0) is 42.4 Å². The second kappa shape index (κ2) is 50.4. The summed E-state index contributed by atoms with van der Waals surface area (Å²) in [5.74, 6) is 0.281. The Morgan fingerprint density at radius 2 is 0.721 bits per heavy atom. The molecule has 0 amide bonds. The highest BCUT2D eigenvalue weighted by atomic mass is 79.9. The van der Waals surface area contributed by atoms with Crippen LogP contribution >= 0.6 is 37.4 Å². The van der Waals surface area contributed by atoms with E-state index in [0.717, 1.165) is 77.7 Å². The fourth-order valence-corrected chi connectivity index (χ4v) is 22.3. The molecule has 0 spiro atoms. The number of ether oxygens (including phenoxy) is 5. The molecule has 3 aromatic heterocycles. The average Bonchev–Trinajstić information content (AvgIpc) is 1.22. The number of hydrogen-bond acceptors (Lipinski definition) is 20. The third-order valence-corrected chi connectivity index (χ3v) is 29.1. The molecule has 6 aromatic carbocycles. The number of aromatic carboxylic acids is 1. The number of aromatic nitrogens is 3. The van der Waals surface area contributed by atoms with Gasteiger partial charge in [0, 0.05) is 129 Å². The van der Waals surface area contributed by atoms with Crippen LogP contribution in [0.25, 0.3) is 33.4 Å². The summed E-state index contributed by atoms with van der Waals surface area (Å²) in [5, 5.41) is 19.1. The average molecular weight is 2020 g/mol. The second-order valence-corrected chi connectivity index (χ2v) is 57.9. The Hall–Kier alpha value is -8.68. The molecule has 136 heavy (non-hydrogen) atoms. The summed E-state index contributed by atoms with van der Waals surface area (Å²) in [4.78, 5) is 67.6. The van der Waals surface area contributed by atoms with E-state index < -0.39 is 64.2 Å². The molecule has 3 saturated carbocycles. The first kappa shape index (κ1) is 113. The lowest BCUT2D eigenvalue weighted by molar-refractivity contribution is 0.0691. The van der Waals surface area contributed by atoms with Gasteiger partial charge in [-0.25, -0.2) is 42.5 Å². The molecule has 0 radical (unpaired) electrons. The maximum atomic E-state index is 15.2. The molecule has 12 rings (SSSR count). The standard InChI is InChI=1S/C35H46FN2O5P.C33H42FN2O5P.C21H27FN2O3.C14H21O3P.C3H9BrSi/c1-9-42-44(8,40)21-32(25-13-14-25)26-11-10-12-28(16-26)43-35(39)29-17-27(20-38(22(2)3)23(4)5)30(15-24(29)6)31-18-34(41-7)37-19-33(31)36;1-20(2)36(21(3)4)18-25-15-27(22(5)13-28(25)29-16-32(40-6)35-17-31(29)34)33(37)41-26-10-8-9-24(14-26)30(23-11-12-23)19-42(7,38)39;1-12(2)24(13(3)4)11-15-8-16(21(25)26)14(5)7-17(15)18-9-20(27-6)23-10-19(18)22;1-3-17-18(2,16)10-14(11-7-8-11)12-5-4-6-13(15)9-12;1-5(2,3)4/h10-12,15-19,22-23,25,32H,9,13-14,20-21H2,1-8H3;8-10,13-17,20-21,23,30H,11-12,18-19H2,1-7H3,(H,38,39);7-10,12-13H,11H2,1-6H3,(H,25,26);4-6,9,11,14-15H,3,7-8,10H2,1-2H3;1-3H3. The molecule has 6 unspecified atom stereocenters. The van der Waals surface area contributed by atoms with Gasteiger partial charge in [-0.2, -0.15) is 0 Å². The molecule has 3 fully saturated rings. The second-order valence-electron chi connectivity index (χ2n) is 38.9. The van der Waals surface area contributed by atoms with Crippen LogP contribution in [0.15, 0.2) is 146 Å². The Morgan fingerprint density at radius 1 is 0.441 bits per heavy atom. The quantitative estimate of drug-likeness (QED) is 0.0106. The van der Waals surface area contributed by atoms with Gasteiger partial charge in [-0.3, -0.25) is 28.4 Å². The number of carboxylic acids is 1. The topological polar surface area (TPSA) is 276 Å². The Labute approximate surface area is 814 Å². The van der Waals surface area contributed by atoms with E-state index in [2.05, 4.69) is 148 Å². The number of carbonyl (C=O) groups is 3. The number of rotatable bonds is 39. The van der Waals surface area contributed by atoms with E-state index in [1.165, 1.54) is 40.8 Å². The zero-order valence-corrected chi connectivity index (χ0v) is 89.6. The highest BCUT2D eigenvalue weighted by Crippen LogP contribution is 2.56. The van der Waals surface area contributed by atoms with Crippen LogP contribution in [-0.4, -0.2) is 179 Å². The predicted octanol–water partition coefficient (Wildman–Crippen LogP) is 26.5. The zero-order valence-electron chi connectivity index (χ0n) is 84.4. The minimum absolute atomic E-state index is 0.0533. The zero-order chi connectivity index (χ0) is 101. The number of pyridine rings is 3. The van der Waals surface area contributed by atoms with Crippen LogP contribution in [0.5, 0.6) is 34.9 Å². The van der Waals surface area contributed by atoms with E-state index >= 15 is 8.78 Å². The minimum Gasteiger partial charge on any atom is -0.508 e. The number of hydrogen-bond donors (Lipinski definition) is 3. The Balaban J connectivity index is 0.000000228. The first-order valence-corrected chi connectivity index (χ1v) is 59.7. The molecule has 9 aromatic rings. The molecule has 3 N–H and O–H groups in total. The number of halogens is 4. The van der Waals surface area contributed by atoms with Gasteiger partial charge < -0.3 is 47.8 Å². The number of phenols is 1. The minimum atomic E-state index is -3.22. The summed E-state index contributed by atoms with van der Waals surface area (Å²) >= 11 is 3.51. The van der Waals surface area contributed by atoms with Crippen molar-refractivity contribution in [3.63, 3.8) is 0 Å². The largest absolute Gasteiger partial charge is 0.508 e. The summed E-state index contributed by atoms with van der Waals surface area (Å²) < 4.78 is 121. The van der Waals surface area contributed by atoms with Crippen LogP contribution in [0.3, 0.4) is 0 Å². The van der Waals surface area contributed by atoms with Crippen molar-refractivity contribution in [1.29, 1.82) is 0 Å². The van der Waals surface area contributed by atoms with Gasteiger partial charge in [0.2, 0.25) is 32.4 Å². The normalized spacial score (nSPS) is 15.2. The van der Waals surface area contributed by atoms with Gasteiger partial charge >= 0.3 is 17.9 Å². The van der Waals surface area contributed by atoms with Gasteiger partial charge in [0.05, 0.1) is 69.8 Å². The molecule has 22 nitrogen and oxygen atoms in total. The number of carbonyl (C=O) groups excluding carboxylic acids is 2. The van der Waals surface area contributed by atoms with Gasteiger partial charge in [0.1, 0.15) is 41.4 Å². The number of nitrogens with zero attached hydrogens (tertiary/aromatic N) is 6. The molecule has 742 valence electrons. The fourth-order valence-electron chi connectivity index (χ4n) is 17.3. The van der Waals surface area contributed by atoms with Crippen molar-refractivity contribution < 1.29 is 89.1 Å². The highest BCUT2D eigenvalue weighted by molar-refractivity contribution is 9.26. The fraction of sp³-hybridized carbons (Fsp3) is 0.491. The van der Waals surface area contributed by atoms with Crippen LogP contribution in [0, 0.1) is 56.0 Å². The SMILES string of the molecule is CCOP(C)(=O)CC(c1cccc(O)c1)C1CC1.CCOP(C)(=O)CC(c1cccc(OC(=O)c2cc(CN(C(C)C)C(C)C)c(-c3cc(OC)ncc3F)cc2C)c1)C1CC1.COc1cc(-c2cc(C)c(C(=O)O)cc2CN(C(C)C)C(C)C)c(F)cn1.COc1cc(-c2cc(C)c(C(=O)Oc3cccc(C(CP(C)(=O)O)C4CC4)c3)cc2CN(C(C)C)C(C)C)c(F)cn1.C[Si](C)(C)Br. The van der Waals surface area contributed by atoms with Crippen molar-refractivity contribution >= 4 is 62.0 Å². The third-order valence-electron chi connectivity index (χ3n) is 24.3. The molecular weight excluding hydrogens is 1870 g/mol. The smallest absolute Gasteiger partial charge is 0.343 e. The third kappa shape index (κ3) is 34.1. The number of carboxylic acid groups (broad SMARTS) is 1. The summed E-state index contributed by atoms with van der Waals surface area (Å²) in [6, 6.07) is 38.9. The molecule has 3 heterocycles. The monoisotopic (exact) mass is 2010 g/mol. The van der Waals surface area contributed by atoms with E-state index in [4.69, 9.17) is 32.7 Å². The molecule has 3 aliphatic carbocycles. The summed E-state index contributed by atoms with van der Waals surface area (Å²) in [6.45, 7) is 47.5. The number of benzene rings is 6. The maximum Gasteiger partial charge on any atom is 0.343 e. The summed E-state index contributed by atoms with van der Waals surface area (Å²) in [7, 11) is -4.03. The van der Waals surface area contributed by atoms with Crippen molar-refractivity contribution in [2.75, 3.05) is 73.0 Å². The Bertz CT molecular complexity index is 5670. The molecule has 6 atom stereocenters. The predicted molar refractivity (Wildman–Crippen MR) is 547 cm³/mol. The van der Waals surface area contributed by atoms with Gasteiger partial charge in [0.15, 0.2) is 7.37 Å². The summed E-state index contributed by atoms with van der Waals surface area (Å²) in [5.41, 5.74) is 11.3. The Kier molecular flexibility index (Phi) is 41.8. The maximum absolute atomic E-state index is 15.2. The highest BCUT2D eigenvalue weighted by Gasteiger charge is 2.40. The summed E-state index contributed by atoms with van der Waals surface area (Å²) in [6.07, 6.45) is 11.3. The van der Waals surface area contributed by atoms with Crippen molar-refractivity contribution in [1.82, 2.24) is 29.7 Å². The number of methoxy groups -OCH3 is 3. The molecule has 0 saturated heterocycles. The van der Waals surface area contributed by atoms with Gasteiger partial charge in [-0.15, -0.1) is 15.3 Å². The van der Waals surface area contributed by atoms with Crippen molar-refractivity contribution in [2.24, 2.45) is 17.8 Å². The van der Waals surface area contributed by atoms with Gasteiger partial charge in [-0.05, 0) is 313 Å². The van der Waals surface area contributed by atoms with E-state index in [9.17, 15) is 47.6 Å². The molecule has 0 bridgehead atoms. The van der Waals surface area contributed by atoms with E-state index in [1.54, 1.807) is 87.0 Å². The first-order valence-electron chi connectivity index (χ1n) is 47.1. The van der Waals surface area contributed by atoms with E-state index in [1.807, 2.05) is 88.4 Å². The van der Waals surface area contributed by atoms with Crippen LogP contribution in [0.2, 0.25) is 19.6 Å². The van der Waals surface area contributed by atoms with Crippen molar-refractivity contribution in [3.8, 4) is 68.3 Å². The van der Waals surface area contributed by atoms with Crippen LogP contribution in [0.1, 0.15) is 234 Å². The molecular formula is C106H145BrF3N6O16P3Si. The van der Waals surface area contributed by atoms with E-state index in [0.29, 0.717) is 153 Å².